The summed E-state index contributed by atoms with van der Waals surface area (Å²) in [4.78, 5) is 0. The van der Waals surface area contributed by atoms with Gasteiger partial charge in [-0.25, -0.2) is 12.8 Å². The van der Waals surface area contributed by atoms with Crippen molar-refractivity contribution in [1.29, 1.82) is 0 Å². The third-order valence-electron chi connectivity index (χ3n) is 2.62. The van der Waals surface area contributed by atoms with E-state index in [0.717, 1.165) is 5.41 Å². The molecular formula is C15H12ClFO2S. The van der Waals surface area contributed by atoms with Crippen LogP contribution in [0, 0.1) is 5.82 Å². The van der Waals surface area contributed by atoms with Gasteiger partial charge in [-0.3, -0.25) is 0 Å². The van der Waals surface area contributed by atoms with Crippen molar-refractivity contribution in [3.63, 3.8) is 0 Å². The lowest BCUT2D eigenvalue weighted by atomic mass is 10.2. The topological polar surface area (TPSA) is 34.1 Å². The van der Waals surface area contributed by atoms with E-state index in [1.807, 2.05) is 0 Å². The van der Waals surface area contributed by atoms with Gasteiger partial charge in [-0.05, 0) is 41.5 Å². The minimum absolute atomic E-state index is 0.0954. The van der Waals surface area contributed by atoms with Crippen molar-refractivity contribution in [1.82, 2.24) is 0 Å². The Morgan fingerprint density at radius 2 is 1.60 bits per heavy atom. The number of rotatable bonds is 4. The van der Waals surface area contributed by atoms with Gasteiger partial charge in [-0.15, -0.1) is 0 Å². The molecule has 2 rings (SSSR count). The third-order valence-corrected chi connectivity index (χ3v) is 4.16. The van der Waals surface area contributed by atoms with Crippen LogP contribution in [0.3, 0.4) is 0 Å². The quantitative estimate of drug-likeness (QED) is 0.853. The van der Waals surface area contributed by atoms with Gasteiger partial charge in [-0.1, -0.05) is 35.9 Å². The van der Waals surface area contributed by atoms with Crippen LogP contribution in [0.1, 0.15) is 11.1 Å². The van der Waals surface area contributed by atoms with Crippen molar-refractivity contribution in [3.05, 3.63) is 75.9 Å². The molecule has 0 amide bonds. The van der Waals surface area contributed by atoms with Crippen LogP contribution in [-0.2, 0) is 15.6 Å². The standard InChI is InChI=1S/C15H12ClFO2S/c16-14-5-1-13(2-6-14)11-20(18,19)10-9-12-3-7-15(17)8-4-12/h1-10H,11H2/b10-9-. The highest BCUT2D eigenvalue weighted by atomic mass is 35.5. The Morgan fingerprint density at radius 1 is 1.00 bits per heavy atom. The molecule has 0 bridgehead atoms. The molecule has 0 spiro atoms. The summed E-state index contributed by atoms with van der Waals surface area (Å²) >= 11 is 5.74. The molecule has 5 heteroatoms. The molecule has 0 saturated heterocycles. The fraction of sp³-hybridized carbons (Fsp3) is 0.0667. The van der Waals surface area contributed by atoms with Gasteiger partial charge in [0.15, 0.2) is 9.84 Å². The Hall–Kier alpha value is -1.65. The SMILES string of the molecule is O=S(=O)(/C=C\c1ccc(F)cc1)Cc1ccc(Cl)cc1. The summed E-state index contributed by atoms with van der Waals surface area (Å²) in [6, 6.07) is 12.2. The van der Waals surface area contributed by atoms with Crippen LogP contribution < -0.4 is 0 Å². The van der Waals surface area contributed by atoms with Gasteiger partial charge in [0.1, 0.15) is 5.82 Å². The second-order valence-corrected chi connectivity index (χ2v) is 6.61. The molecule has 0 aliphatic heterocycles. The van der Waals surface area contributed by atoms with Gasteiger partial charge < -0.3 is 0 Å². The smallest absolute Gasteiger partial charge is 0.175 e. The van der Waals surface area contributed by atoms with Crippen LogP contribution in [0.4, 0.5) is 4.39 Å². The minimum Gasteiger partial charge on any atom is -0.224 e. The zero-order valence-electron chi connectivity index (χ0n) is 10.5. The average Bonchev–Trinajstić information content (AvgIpc) is 2.41. The Kier molecular flexibility index (Phi) is 4.57. The Labute approximate surface area is 122 Å². The summed E-state index contributed by atoms with van der Waals surface area (Å²) in [7, 11) is -3.37. The third kappa shape index (κ3) is 4.47. The monoisotopic (exact) mass is 310 g/mol. The fourth-order valence-corrected chi connectivity index (χ4v) is 2.86. The highest BCUT2D eigenvalue weighted by Gasteiger charge is 2.07. The van der Waals surface area contributed by atoms with Gasteiger partial charge in [0.25, 0.3) is 0 Å². The summed E-state index contributed by atoms with van der Waals surface area (Å²) in [6.45, 7) is 0. The molecule has 0 fully saturated rings. The molecule has 0 heterocycles. The highest BCUT2D eigenvalue weighted by Crippen LogP contribution is 2.14. The fourth-order valence-electron chi connectivity index (χ4n) is 1.62. The van der Waals surface area contributed by atoms with Crippen LogP contribution in [0.2, 0.25) is 5.02 Å². The first-order valence-corrected chi connectivity index (χ1v) is 7.95. The Morgan fingerprint density at radius 3 is 2.20 bits per heavy atom. The molecule has 20 heavy (non-hydrogen) atoms. The van der Waals surface area contributed by atoms with E-state index in [1.54, 1.807) is 24.3 Å². The summed E-state index contributed by atoms with van der Waals surface area (Å²) < 4.78 is 36.6. The van der Waals surface area contributed by atoms with Crippen molar-refractivity contribution in [3.8, 4) is 0 Å². The molecule has 0 radical (unpaired) electrons. The van der Waals surface area contributed by atoms with Crippen molar-refractivity contribution in [2.24, 2.45) is 0 Å². The second kappa shape index (κ2) is 6.20. The van der Waals surface area contributed by atoms with Gasteiger partial charge in [0, 0.05) is 10.4 Å². The highest BCUT2D eigenvalue weighted by molar-refractivity contribution is 7.93. The van der Waals surface area contributed by atoms with Gasteiger partial charge in [0.05, 0.1) is 5.75 Å². The van der Waals surface area contributed by atoms with Crippen LogP contribution >= 0.6 is 11.6 Å². The summed E-state index contributed by atoms with van der Waals surface area (Å²) in [5.41, 5.74) is 1.30. The van der Waals surface area contributed by atoms with Gasteiger partial charge in [0.2, 0.25) is 0 Å². The molecule has 0 N–H and O–H groups in total. The predicted molar refractivity (Wildman–Crippen MR) is 79.5 cm³/mol. The van der Waals surface area contributed by atoms with Crippen molar-refractivity contribution < 1.29 is 12.8 Å². The normalized spacial score (nSPS) is 11.9. The number of hydrogen-bond acceptors (Lipinski definition) is 2. The van der Waals surface area contributed by atoms with E-state index >= 15 is 0 Å². The second-order valence-electron chi connectivity index (χ2n) is 4.29. The number of sulfone groups is 1. The van der Waals surface area contributed by atoms with Crippen LogP contribution in [-0.4, -0.2) is 8.42 Å². The number of benzene rings is 2. The van der Waals surface area contributed by atoms with Gasteiger partial charge in [-0.2, -0.15) is 0 Å². The summed E-state index contributed by atoms with van der Waals surface area (Å²) in [5.74, 6) is -0.451. The average molecular weight is 311 g/mol. The molecular weight excluding hydrogens is 299 g/mol. The molecule has 0 aliphatic carbocycles. The first-order chi connectivity index (χ1) is 9.44. The molecule has 2 aromatic rings. The zero-order valence-corrected chi connectivity index (χ0v) is 12.0. The summed E-state index contributed by atoms with van der Waals surface area (Å²) in [6.07, 6.45) is 1.45. The molecule has 104 valence electrons. The number of hydrogen-bond donors (Lipinski definition) is 0. The first-order valence-electron chi connectivity index (χ1n) is 5.85. The molecule has 0 aliphatic rings. The molecule has 2 nitrogen and oxygen atoms in total. The van der Waals surface area contributed by atoms with Crippen LogP contribution in [0.5, 0.6) is 0 Å². The van der Waals surface area contributed by atoms with Crippen molar-refractivity contribution in [2.45, 2.75) is 5.75 Å². The Bertz CT molecular complexity index is 705. The molecule has 0 atom stereocenters. The lowest BCUT2D eigenvalue weighted by molar-refractivity contribution is 0.604. The first kappa shape index (κ1) is 14.8. The lowest BCUT2D eigenvalue weighted by Gasteiger charge is -2.00. The van der Waals surface area contributed by atoms with E-state index in [-0.39, 0.29) is 11.6 Å². The molecule has 2 aromatic carbocycles. The minimum atomic E-state index is -3.37. The van der Waals surface area contributed by atoms with E-state index in [2.05, 4.69) is 0 Å². The van der Waals surface area contributed by atoms with Crippen molar-refractivity contribution in [2.75, 3.05) is 0 Å². The van der Waals surface area contributed by atoms with E-state index in [1.165, 1.54) is 30.3 Å². The molecule has 0 saturated carbocycles. The van der Waals surface area contributed by atoms with Gasteiger partial charge >= 0.3 is 0 Å². The summed E-state index contributed by atoms with van der Waals surface area (Å²) in [5, 5.41) is 1.70. The maximum Gasteiger partial charge on any atom is 0.175 e. The van der Waals surface area contributed by atoms with E-state index in [4.69, 9.17) is 11.6 Å². The van der Waals surface area contributed by atoms with E-state index in [0.29, 0.717) is 16.1 Å². The van der Waals surface area contributed by atoms with Crippen molar-refractivity contribution >= 4 is 27.5 Å². The maximum absolute atomic E-state index is 12.7. The zero-order chi connectivity index (χ0) is 14.6. The molecule has 0 unspecified atom stereocenters. The maximum atomic E-state index is 12.7. The van der Waals surface area contributed by atoms with E-state index < -0.39 is 9.84 Å². The Balaban J connectivity index is 2.11. The van der Waals surface area contributed by atoms with Crippen LogP contribution in [0.25, 0.3) is 6.08 Å². The van der Waals surface area contributed by atoms with Crippen LogP contribution in [0.15, 0.2) is 53.9 Å². The number of halogens is 2. The molecule has 0 aromatic heterocycles. The lowest BCUT2D eigenvalue weighted by Crippen LogP contribution is -1.99. The predicted octanol–water partition coefficient (Wildman–Crippen LogP) is 4.06. The van der Waals surface area contributed by atoms with E-state index in [9.17, 15) is 12.8 Å². The largest absolute Gasteiger partial charge is 0.224 e.